The van der Waals surface area contributed by atoms with E-state index in [2.05, 4.69) is 10.3 Å². The average molecular weight is 405 g/mol. The standard InChI is InChI=1S/C16H21ClN4O2S.ClH/c17-14-10-19-9-12-3-1-4-15(16(12)14)24(22,23)21-8-5-13(11-21)20-7-2-6-18;/h1,3-4,9-10,13,20H,2,5-8,11,18H2;1H/t13-;/m0./s1. The van der Waals surface area contributed by atoms with Gasteiger partial charge in [-0.2, -0.15) is 4.31 Å². The highest BCUT2D eigenvalue weighted by molar-refractivity contribution is 7.89. The lowest BCUT2D eigenvalue weighted by atomic mass is 10.2. The number of hydrogen-bond acceptors (Lipinski definition) is 5. The number of pyridine rings is 1. The highest BCUT2D eigenvalue weighted by atomic mass is 35.5. The van der Waals surface area contributed by atoms with Gasteiger partial charge < -0.3 is 11.1 Å². The topological polar surface area (TPSA) is 88.3 Å². The van der Waals surface area contributed by atoms with Gasteiger partial charge in [-0.05, 0) is 32.0 Å². The van der Waals surface area contributed by atoms with Crippen LogP contribution in [-0.2, 0) is 10.0 Å². The van der Waals surface area contributed by atoms with E-state index in [1.165, 1.54) is 10.5 Å². The highest BCUT2D eigenvalue weighted by Gasteiger charge is 2.33. The molecule has 25 heavy (non-hydrogen) atoms. The van der Waals surface area contributed by atoms with Crippen LogP contribution in [0.4, 0.5) is 0 Å². The van der Waals surface area contributed by atoms with E-state index in [9.17, 15) is 8.42 Å². The van der Waals surface area contributed by atoms with Gasteiger partial charge in [-0.25, -0.2) is 8.42 Å². The summed E-state index contributed by atoms with van der Waals surface area (Å²) < 4.78 is 27.7. The molecule has 0 amide bonds. The molecular weight excluding hydrogens is 383 g/mol. The van der Waals surface area contributed by atoms with Crippen molar-refractivity contribution in [3.8, 4) is 0 Å². The van der Waals surface area contributed by atoms with E-state index in [1.807, 2.05) is 6.07 Å². The Morgan fingerprint density at radius 3 is 2.92 bits per heavy atom. The second kappa shape index (κ2) is 8.62. The molecule has 3 rings (SSSR count). The zero-order chi connectivity index (χ0) is 17.2. The second-order valence-corrected chi connectivity index (χ2v) is 8.23. The molecule has 9 heteroatoms. The van der Waals surface area contributed by atoms with Gasteiger partial charge in [0.05, 0.1) is 9.92 Å². The first-order valence-corrected chi connectivity index (χ1v) is 9.81. The molecule has 0 aliphatic carbocycles. The highest BCUT2D eigenvalue weighted by Crippen LogP contribution is 2.31. The first-order chi connectivity index (χ1) is 11.5. The summed E-state index contributed by atoms with van der Waals surface area (Å²) in [5.74, 6) is 0. The lowest BCUT2D eigenvalue weighted by molar-refractivity contribution is 0.456. The van der Waals surface area contributed by atoms with Gasteiger partial charge in [0.15, 0.2) is 0 Å². The van der Waals surface area contributed by atoms with Crippen molar-refractivity contribution in [2.24, 2.45) is 5.73 Å². The van der Waals surface area contributed by atoms with Crippen molar-refractivity contribution in [1.82, 2.24) is 14.6 Å². The summed E-state index contributed by atoms with van der Waals surface area (Å²) in [6, 6.07) is 5.31. The van der Waals surface area contributed by atoms with E-state index in [1.54, 1.807) is 18.3 Å². The predicted molar refractivity (Wildman–Crippen MR) is 103 cm³/mol. The Bertz CT molecular complexity index is 827. The molecule has 0 spiro atoms. The molecule has 0 radical (unpaired) electrons. The van der Waals surface area contributed by atoms with E-state index in [-0.39, 0.29) is 23.3 Å². The summed E-state index contributed by atoms with van der Waals surface area (Å²) in [6.07, 6.45) is 4.78. The molecule has 1 aromatic carbocycles. The Kier molecular flexibility index (Phi) is 7.01. The maximum atomic E-state index is 13.1. The second-order valence-electron chi connectivity index (χ2n) is 5.92. The van der Waals surface area contributed by atoms with E-state index in [0.717, 1.165) is 24.8 Å². The fraction of sp³-hybridized carbons (Fsp3) is 0.438. The predicted octanol–water partition coefficient (Wildman–Crippen LogP) is 2.01. The summed E-state index contributed by atoms with van der Waals surface area (Å²) in [6.45, 7) is 2.40. The Labute approximate surface area is 159 Å². The van der Waals surface area contributed by atoms with Gasteiger partial charge in [0.2, 0.25) is 10.0 Å². The Morgan fingerprint density at radius 1 is 1.36 bits per heavy atom. The minimum atomic E-state index is -3.59. The maximum absolute atomic E-state index is 13.1. The molecular formula is C16H22Cl2N4O2S. The monoisotopic (exact) mass is 404 g/mol. The van der Waals surface area contributed by atoms with Crippen LogP contribution in [0.5, 0.6) is 0 Å². The first-order valence-electron chi connectivity index (χ1n) is 8.00. The molecule has 0 bridgehead atoms. The number of aromatic nitrogens is 1. The van der Waals surface area contributed by atoms with Crippen molar-refractivity contribution in [2.45, 2.75) is 23.8 Å². The zero-order valence-corrected chi connectivity index (χ0v) is 16.1. The van der Waals surface area contributed by atoms with Crippen LogP contribution >= 0.6 is 24.0 Å². The summed E-state index contributed by atoms with van der Waals surface area (Å²) in [5, 5.41) is 4.97. The van der Waals surface area contributed by atoms with Gasteiger partial charge in [0.25, 0.3) is 0 Å². The van der Waals surface area contributed by atoms with Crippen molar-refractivity contribution in [1.29, 1.82) is 0 Å². The van der Waals surface area contributed by atoms with Crippen LogP contribution < -0.4 is 11.1 Å². The quantitative estimate of drug-likeness (QED) is 0.718. The van der Waals surface area contributed by atoms with Gasteiger partial charge in [0.1, 0.15) is 0 Å². The maximum Gasteiger partial charge on any atom is 0.243 e. The number of nitrogens with one attached hydrogen (secondary N) is 1. The molecule has 1 aliphatic rings. The summed E-state index contributed by atoms with van der Waals surface area (Å²) >= 11 is 6.22. The molecule has 0 saturated carbocycles. The molecule has 3 N–H and O–H groups in total. The number of nitrogens with zero attached hydrogens (tertiary/aromatic N) is 2. The van der Waals surface area contributed by atoms with Gasteiger partial charge in [-0.15, -0.1) is 12.4 Å². The first kappa shape index (κ1) is 20.4. The zero-order valence-electron chi connectivity index (χ0n) is 13.7. The number of sulfonamides is 1. The van der Waals surface area contributed by atoms with Crippen molar-refractivity contribution in [2.75, 3.05) is 26.2 Å². The van der Waals surface area contributed by atoms with Crippen LogP contribution in [0.3, 0.4) is 0 Å². The van der Waals surface area contributed by atoms with Crippen LogP contribution in [0.2, 0.25) is 5.02 Å². The average Bonchev–Trinajstić information content (AvgIpc) is 3.05. The lowest BCUT2D eigenvalue weighted by Crippen LogP contribution is -2.36. The van der Waals surface area contributed by atoms with Gasteiger partial charge in [-0.3, -0.25) is 4.98 Å². The molecule has 1 atom stereocenters. The van der Waals surface area contributed by atoms with Crippen molar-refractivity contribution in [3.05, 3.63) is 35.6 Å². The molecule has 6 nitrogen and oxygen atoms in total. The van der Waals surface area contributed by atoms with E-state index in [0.29, 0.717) is 30.0 Å². The van der Waals surface area contributed by atoms with Crippen LogP contribution in [0, 0.1) is 0 Å². The normalized spacial score (nSPS) is 18.4. The molecule has 1 fully saturated rings. The summed E-state index contributed by atoms with van der Waals surface area (Å²) in [5.41, 5.74) is 5.49. The number of nitrogens with two attached hydrogens (primary N) is 1. The molecule has 138 valence electrons. The SMILES string of the molecule is Cl.NCCCN[C@H]1CCN(S(=O)(=O)c2cccc3cncc(Cl)c23)C1. The molecule has 2 heterocycles. The number of rotatable bonds is 6. The third-order valence-electron chi connectivity index (χ3n) is 4.28. The van der Waals surface area contributed by atoms with Crippen molar-refractivity contribution < 1.29 is 8.42 Å². The Hall–Kier alpha value is -0.960. The fourth-order valence-corrected chi connectivity index (χ4v) is 5.09. The van der Waals surface area contributed by atoms with Crippen LogP contribution in [0.1, 0.15) is 12.8 Å². The van der Waals surface area contributed by atoms with Gasteiger partial charge >= 0.3 is 0 Å². The van der Waals surface area contributed by atoms with Gasteiger partial charge in [-0.1, -0.05) is 23.7 Å². The third-order valence-corrected chi connectivity index (χ3v) is 6.48. The molecule has 1 aromatic heterocycles. The number of halogens is 2. The smallest absolute Gasteiger partial charge is 0.243 e. The molecule has 1 saturated heterocycles. The fourth-order valence-electron chi connectivity index (χ4n) is 3.03. The van der Waals surface area contributed by atoms with E-state index in [4.69, 9.17) is 17.3 Å². The number of benzene rings is 1. The van der Waals surface area contributed by atoms with Crippen LogP contribution in [-0.4, -0.2) is 49.9 Å². The van der Waals surface area contributed by atoms with Crippen molar-refractivity contribution in [3.63, 3.8) is 0 Å². The number of fused-ring (bicyclic) bond motifs is 1. The molecule has 1 aliphatic heterocycles. The minimum Gasteiger partial charge on any atom is -0.330 e. The minimum absolute atomic E-state index is 0. The lowest BCUT2D eigenvalue weighted by Gasteiger charge is -2.18. The molecule has 2 aromatic rings. The van der Waals surface area contributed by atoms with Crippen molar-refractivity contribution >= 4 is 44.8 Å². The summed E-state index contributed by atoms with van der Waals surface area (Å²) in [7, 11) is -3.59. The van der Waals surface area contributed by atoms with E-state index < -0.39 is 10.0 Å². The Morgan fingerprint density at radius 2 is 2.16 bits per heavy atom. The summed E-state index contributed by atoms with van der Waals surface area (Å²) in [4.78, 5) is 4.27. The van der Waals surface area contributed by atoms with Gasteiger partial charge in [0, 0.05) is 42.3 Å². The van der Waals surface area contributed by atoms with Crippen LogP contribution in [0.15, 0.2) is 35.5 Å². The van der Waals surface area contributed by atoms with Crippen LogP contribution in [0.25, 0.3) is 10.8 Å². The third kappa shape index (κ3) is 4.24. The Balaban J connectivity index is 0.00000225. The largest absolute Gasteiger partial charge is 0.330 e. The molecule has 0 unspecified atom stereocenters. The number of hydrogen-bond donors (Lipinski definition) is 2. The van der Waals surface area contributed by atoms with E-state index >= 15 is 0 Å².